The summed E-state index contributed by atoms with van der Waals surface area (Å²) >= 11 is 6.99. The molecule has 0 saturated carbocycles. The summed E-state index contributed by atoms with van der Waals surface area (Å²) < 4.78 is 18.0. The molecule has 0 aliphatic rings. The molecule has 6 nitrogen and oxygen atoms in total. The number of carbonyl (C=O) groups is 1. The molecule has 2 aromatic carbocycles. The first-order valence-electron chi connectivity index (χ1n) is 9.82. The van der Waals surface area contributed by atoms with Gasteiger partial charge in [0.1, 0.15) is 5.75 Å². The molecule has 0 radical (unpaired) electrons. The van der Waals surface area contributed by atoms with E-state index in [1.54, 1.807) is 26.5 Å². The van der Waals surface area contributed by atoms with Crippen LogP contribution in [0, 0.1) is 0 Å². The van der Waals surface area contributed by atoms with E-state index < -0.39 is 0 Å². The van der Waals surface area contributed by atoms with E-state index in [2.05, 4.69) is 75.3 Å². The fraction of sp³-hybridized carbons (Fsp3) is 0.391. The summed E-state index contributed by atoms with van der Waals surface area (Å²) in [6.07, 6.45) is 2.44. The Morgan fingerprint density at radius 2 is 1.81 bits per heavy atom. The fourth-order valence-electron chi connectivity index (χ4n) is 2.75. The van der Waals surface area contributed by atoms with E-state index in [4.69, 9.17) is 14.2 Å². The average molecular weight is 556 g/mol. The van der Waals surface area contributed by atoms with E-state index in [9.17, 15) is 4.79 Å². The molecule has 0 spiro atoms. The number of rotatable bonds is 9. The second-order valence-corrected chi connectivity index (χ2v) is 9.59. The smallest absolute Gasteiger partial charge is 0.240 e. The Kier molecular flexibility index (Phi) is 9.37. The molecule has 31 heavy (non-hydrogen) atoms. The Morgan fingerprint density at radius 1 is 1.06 bits per heavy atom. The minimum Gasteiger partial charge on any atom is -0.493 e. The van der Waals surface area contributed by atoms with E-state index in [1.807, 2.05) is 12.1 Å². The molecular weight excluding hydrogens is 528 g/mol. The Bertz CT molecular complexity index is 940. The second kappa shape index (κ2) is 11.5. The molecule has 2 aromatic rings. The molecule has 0 bridgehead atoms. The highest BCUT2D eigenvalue weighted by Crippen LogP contribution is 2.36. The molecule has 0 aromatic heterocycles. The zero-order valence-electron chi connectivity index (χ0n) is 18.4. The summed E-state index contributed by atoms with van der Waals surface area (Å²) in [5, 5.41) is 4.01. The van der Waals surface area contributed by atoms with Crippen LogP contribution in [0.5, 0.6) is 17.2 Å². The first-order chi connectivity index (χ1) is 14.7. The maximum atomic E-state index is 12.0. The van der Waals surface area contributed by atoms with Crippen molar-refractivity contribution in [2.75, 3.05) is 20.8 Å². The lowest BCUT2D eigenvalue weighted by molar-refractivity contribution is -0.121. The number of halogens is 2. The highest BCUT2D eigenvalue weighted by Gasteiger charge is 2.15. The molecule has 8 heteroatoms. The van der Waals surface area contributed by atoms with Crippen molar-refractivity contribution in [3.05, 3.63) is 50.4 Å². The van der Waals surface area contributed by atoms with Crippen LogP contribution in [-0.2, 0) is 10.2 Å². The number of nitrogens with zero attached hydrogens (tertiary/aromatic N) is 1. The number of ether oxygens (including phenoxy) is 3. The van der Waals surface area contributed by atoms with Crippen LogP contribution in [0.1, 0.15) is 44.7 Å². The number of methoxy groups -OCH3 is 2. The first-order valence-corrected chi connectivity index (χ1v) is 11.4. The summed E-state index contributed by atoms with van der Waals surface area (Å²) in [4.78, 5) is 12.0. The summed E-state index contributed by atoms with van der Waals surface area (Å²) in [7, 11) is 3.13. The molecule has 1 amide bonds. The van der Waals surface area contributed by atoms with Crippen LogP contribution in [0.4, 0.5) is 0 Å². The second-order valence-electron chi connectivity index (χ2n) is 7.88. The minimum absolute atomic E-state index is 0.0761. The van der Waals surface area contributed by atoms with Crippen LogP contribution in [0.2, 0.25) is 0 Å². The van der Waals surface area contributed by atoms with Crippen LogP contribution in [0.15, 0.2) is 44.4 Å². The van der Waals surface area contributed by atoms with Crippen LogP contribution < -0.4 is 19.6 Å². The highest BCUT2D eigenvalue weighted by atomic mass is 79.9. The largest absolute Gasteiger partial charge is 0.493 e. The molecule has 0 aliphatic carbocycles. The zero-order valence-corrected chi connectivity index (χ0v) is 21.6. The summed E-state index contributed by atoms with van der Waals surface area (Å²) in [5.74, 6) is 1.76. The monoisotopic (exact) mass is 554 g/mol. The lowest BCUT2D eigenvalue weighted by atomic mass is 9.87. The number of hydrogen-bond acceptors (Lipinski definition) is 5. The van der Waals surface area contributed by atoms with Crippen molar-refractivity contribution >= 4 is 44.0 Å². The molecule has 0 atom stereocenters. The predicted octanol–water partition coefficient (Wildman–Crippen LogP) is 5.84. The van der Waals surface area contributed by atoms with Crippen molar-refractivity contribution in [2.24, 2.45) is 5.10 Å². The molecule has 2 rings (SSSR count). The lowest BCUT2D eigenvalue weighted by Gasteiger charge is -2.20. The van der Waals surface area contributed by atoms with E-state index >= 15 is 0 Å². The molecule has 0 saturated heterocycles. The number of carbonyl (C=O) groups excluding carboxylic acids is 1. The molecule has 0 unspecified atom stereocenters. The van der Waals surface area contributed by atoms with E-state index in [0.717, 1.165) is 20.3 Å². The predicted molar refractivity (Wildman–Crippen MR) is 131 cm³/mol. The van der Waals surface area contributed by atoms with Gasteiger partial charge in [0.2, 0.25) is 5.91 Å². The van der Waals surface area contributed by atoms with Gasteiger partial charge in [-0.2, -0.15) is 5.10 Å². The summed E-state index contributed by atoms with van der Waals surface area (Å²) in [6, 6.07) is 9.69. The van der Waals surface area contributed by atoms with E-state index in [-0.39, 0.29) is 11.3 Å². The van der Waals surface area contributed by atoms with Crippen LogP contribution in [0.3, 0.4) is 0 Å². The minimum atomic E-state index is -0.179. The quantitative estimate of drug-likeness (QED) is 0.240. The fourth-order valence-corrected chi connectivity index (χ4v) is 3.86. The SMILES string of the molecule is COc1cc(/C=N/NC(=O)CCCOc2ccc(C(C)(C)C)cc2Br)cc(Br)c1OC. The van der Waals surface area contributed by atoms with Crippen molar-refractivity contribution in [3.63, 3.8) is 0 Å². The van der Waals surface area contributed by atoms with Crippen molar-refractivity contribution < 1.29 is 19.0 Å². The van der Waals surface area contributed by atoms with Gasteiger partial charge in [-0.15, -0.1) is 0 Å². The average Bonchev–Trinajstić information content (AvgIpc) is 2.70. The van der Waals surface area contributed by atoms with Gasteiger partial charge >= 0.3 is 0 Å². The van der Waals surface area contributed by atoms with E-state index in [1.165, 1.54) is 5.56 Å². The Hall–Kier alpha value is -2.06. The molecule has 0 aliphatic heterocycles. The van der Waals surface area contributed by atoms with Crippen LogP contribution in [-0.4, -0.2) is 32.9 Å². The number of amides is 1. The third-order valence-corrected chi connectivity index (χ3v) is 5.67. The number of benzene rings is 2. The van der Waals surface area contributed by atoms with E-state index in [0.29, 0.717) is 30.9 Å². The highest BCUT2D eigenvalue weighted by molar-refractivity contribution is 9.10. The van der Waals surface area contributed by atoms with Crippen LogP contribution in [0.25, 0.3) is 0 Å². The summed E-state index contributed by atoms with van der Waals surface area (Å²) in [5.41, 5.74) is 4.59. The van der Waals surface area contributed by atoms with Gasteiger partial charge in [0.25, 0.3) is 0 Å². The van der Waals surface area contributed by atoms with Crippen molar-refractivity contribution in [3.8, 4) is 17.2 Å². The zero-order chi connectivity index (χ0) is 23.0. The van der Waals surface area contributed by atoms with Gasteiger partial charge in [-0.1, -0.05) is 26.8 Å². The first kappa shape index (κ1) is 25.2. The Labute approximate surface area is 200 Å². The van der Waals surface area contributed by atoms with Gasteiger partial charge < -0.3 is 14.2 Å². The normalized spacial score (nSPS) is 11.5. The molecule has 168 valence electrons. The Morgan fingerprint density at radius 3 is 2.42 bits per heavy atom. The maximum Gasteiger partial charge on any atom is 0.240 e. The van der Waals surface area contributed by atoms with Gasteiger partial charge in [-0.3, -0.25) is 4.79 Å². The molecule has 1 N–H and O–H groups in total. The maximum absolute atomic E-state index is 12.0. The van der Waals surface area contributed by atoms with Crippen LogP contribution >= 0.6 is 31.9 Å². The lowest BCUT2D eigenvalue weighted by Crippen LogP contribution is -2.18. The Balaban J connectivity index is 1.80. The number of hydrogen-bond donors (Lipinski definition) is 1. The van der Waals surface area contributed by atoms with Crippen molar-refractivity contribution in [1.29, 1.82) is 0 Å². The molecule has 0 fully saturated rings. The standard InChI is InChI=1S/C23H28Br2N2O4/c1-23(2,3)16-8-9-19(17(24)13-16)31-10-6-7-21(28)27-26-14-15-11-18(25)22(30-5)20(12-15)29-4/h8-9,11-14H,6-7,10H2,1-5H3,(H,27,28)/b26-14+. The van der Waals surface area contributed by atoms with Gasteiger partial charge in [-0.25, -0.2) is 5.43 Å². The van der Waals surface area contributed by atoms with Gasteiger partial charge in [0.05, 0.1) is 36.0 Å². The molecule has 0 heterocycles. The van der Waals surface area contributed by atoms with Gasteiger partial charge in [-0.05, 0) is 79.1 Å². The van der Waals surface area contributed by atoms with Gasteiger partial charge in [0, 0.05) is 6.42 Å². The van der Waals surface area contributed by atoms with Crippen molar-refractivity contribution in [2.45, 2.75) is 39.0 Å². The third-order valence-electron chi connectivity index (χ3n) is 4.46. The number of hydrazone groups is 1. The summed E-state index contributed by atoms with van der Waals surface area (Å²) in [6.45, 7) is 6.94. The third kappa shape index (κ3) is 7.54. The van der Waals surface area contributed by atoms with Gasteiger partial charge in [0.15, 0.2) is 11.5 Å². The topological polar surface area (TPSA) is 69.2 Å². The number of nitrogens with one attached hydrogen (secondary N) is 1. The van der Waals surface area contributed by atoms with Crippen molar-refractivity contribution in [1.82, 2.24) is 5.43 Å². The molecular formula is C23H28Br2N2O4.